The zero-order valence-corrected chi connectivity index (χ0v) is 12.3. The number of likely N-dealkylation sites (N-methyl/N-ethyl adjacent to an activating group) is 1. The van der Waals surface area contributed by atoms with Gasteiger partial charge in [-0.15, -0.1) is 11.3 Å². The number of rotatable bonds is 4. The molecule has 0 spiro atoms. The van der Waals surface area contributed by atoms with Gasteiger partial charge in [0.2, 0.25) is 5.91 Å². The second-order valence-electron chi connectivity index (χ2n) is 4.10. The summed E-state index contributed by atoms with van der Waals surface area (Å²) in [4.78, 5) is 23.7. The number of amides is 2. The third kappa shape index (κ3) is 3.82. The van der Waals surface area contributed by atoms with Crippen LogP contribution in [0.15, 0.2) is 36.4 Å². The summed E-state index contributed by atoms with van der Waals surface area (Å²) in [7, 11) is 1.60. The number of carbonyl (C=O) groups is 2. The van der Waals surface area contributed by atoms with Crippen molar-refractivity contribution in [3.63, 3.8) is 0 Å². The van der Waals surface area contributed by atoms with Crippen molar-refractivity contribution in [3.8, 4) is 0 Å². The molecule has 1 aromatic carbocycles. The molecule has 0 aliphatic carbocycles. The van der Waals surface area contributed by atoms with Crippen molar-refractivity contribution < 1.29 is 9.59 Å². The Morgan fingerprint density at radius 3 is 2.40 bits per heavy atom. The van der Waals surface area contributed by atoms with Crippen molar-refractivity contribution in [1.29, 1.82) is 0 Å². The summed E-state index contributed by atoms with van der Waals surface area (Å²) in [6.07, 6.45) is 0.325. The Bertz CT molecular complexity index is 622. The molecule has 20 heavy (non-hydrogen) atoms. The number of hydrogen-bond acceptors (Lipinski definition) is 3. The summed E-state index contributed by atoms with van der Waals surface area (Å²) < 4.78 is 0.580. The van der Waals surface area contributed by atoms with Crippen LogP contribution in [0.25, 0.3) is 0 Å². The third-order valence-corrected chi connectivity index (χ3v) is 3.88. The molecule has 2 N–H and O–H groups in total. The van der Waals surface area contributed by atoms with Crippen LogP contribution in [0.3, 0.4) is 0 Å². The van der Waals surface area contributed by atoms with Gasteiger partial charge in [-0.1, -0.05) is 23.7 Å². The number of benzene rings is 1. The van der Waals surface area contributed by atoms with Crippen molar-refractivity contribution in [2.45, 2.75) is 6.42 Å². The number of nitrogens with one attached hydrogen (secondary N) is 2. The van der Waals surface area contributed by atoms with E-state index in [-0.39, 0.29) is 11.8 Å². The van der Waals surface area contributed by atoms with Crippen LogP contribution < -0.4 is 10.6 Å². The van der Waals surface area contributed by atoms with Gasteiger partial charge in [0.1, 0.15) is 0 Å². The molecule has 6 heteroatoms. The number of hydrogen-bond donors (Lipinski definition) is 2. The van der Waals surface area contributed by atoms with Crippen LogP contribution in [0.5, 0.6) is 0 Å². The zero-order chi connectivity index (χ0) is 14.5. The minimum absolute atomic E-state index is 0.0463. The summed E-state index contributed by atoms with van der Waals surface area (Å²) in [6, 6.07) is 10.5. The molecule has 1 aromatic heterocycles. The average Bonchev–Trinajstić information content (AvgIpc) is 2.87. The number of thiophene rings is 1. The summed E-state index contributed by atoms with van der Waals surface area (Å²) in [5.74, 6) is -0.240. The maximum Gasteiger partial charge on any atom is 0.265 e. The molecule has 2 rings (SSSR count). The van der Waals surface area contributed by atoms with Crippen LogP contribution >= 0.6 is 22.9 Å². The van der Waals surface area contributed by atoms with Crippen molar-refractivity contribution in [1.82, 2.24) is 5.32 Å². The normalized spacial score (nSPS) is 10.1. The first kappa shape index (κ1) is 14.6. The zero-order valence-electron chi connectivity index (χ0n) is 10.8. The molecule has 2 aromatic rings. The van der Waals surface area contributed by atoms with Gasteiger partial charge in [-0.2, -0.15) is 0 Å². The number of halogens is 1. The highest BCUT2D eigenvalue weighted by molar-refractivity contribution is 7.18. The monoisotopic (exact) mass is 308 g/mol. The Balaban J connectivity index is 2.00. The van der Waals surface area contributed by atoms with Gasteiger partial charge in [-0.25, -0.2) is 0 Å². The van der Waals surface area contributed by atoms with E-state index in [1.807, 2.05) is 12.1 Å². The standard InChI is InChI=1S/C14H13ClN2O2S/c1-16-13(18)8-9-2-4-10(5-3-9)17-14(19)11-6-7-12(15)20-11/h2-7H,8H2,1H3,(H,16,18)(H,17,19). The fourth-order valence-electron chi connectivity index (χ4n) is 1.61. The van der Waals surface area contributed by atoms with Crippen molar-refractivity contribution in [3.05, 3.63) is 51.2 Å². The molecule has 2 amide bonds. The van der Waals surface area contributed by atoms with E-state index in [1.165, 1.54) is 11.3 Å². The van der Waals surface area contributed by atoms with E-state index in [0.29, 0.717) is 21.3 Å². The van der Waals surface area contributed by atoms with Gasteiger partial charge in [-0.05, 0) is 29.8 Å². The van der Waals surface area contributed by atoms with Gasteiger partial charge in [0.05, 0.1) is 15.6 Å². The lowest BCUT2D eigenvalue weighted by molar-refractivity contribution is -0.119. The molecule has 0 saturated heterocycles. The van der Waals surface area contributed by atoms with Crippen LogP contribution in [-0.2, 0) is 11.2 Å². The molecular weight excluding hydrogens is 296 g/mol. The molecule has 1 heterocycles. The van der Waals surface area contributed by atoms with Crippen LogP contribution in [0.4, 0.5) is 5.69 Å². The van der Waals surface area contributed by atoms with E-state index in [4.69, 9.17) is 11.6 Å². The fourth-order valence-corrected chi connectivity index (χ4v) is 2.55. The minimum Gasteiger partial charge on any atom is -0.359 e. The molecule has 0 unspecified atom stereocenters. The van der Waals surface area contributed by atoms with Gasteiger partial charge < -0.3 is 10.6 Å². The first-order chi connectivity index (χ1) is 9.58. The Kier molecular flexibility index (Phi) is 4.76. The first-order valence-electron chi connectivity index (χ1n) is 5.94. The predicted molar refractivity (Wildman–Crippen MR) is 81.5 cm³/mol. The topological polar surface area (TPSA) is 58.2 Å². The van der Waals surface area contributed by atoms with Crippen LogP contribution in [0.2, 0.25) is 4.34 Å². The second kappa shape index (κ2) is 6.54. The highest BCUT2D eigenvalue weighted by atomic mass is 35.5. The molecular formula is C14H13ClN2O2S. The van der Waals surface area contributed by atoms with Crippen LogP contribution in [0.1, 0.15) is 15.2 Å². The van der Waals surface area contributed by atoms with E-state index in [2.05, 4.69) is 10.6 Å². The van der Waals surface area contributed by atoms with E-state index >= 15 is 0 Å². The smallest absolute Gasteiger partial charge is 0.265 e. The Hall–Kier alpha value is -1.85. The lowest BCUT2D eigenvalue weighted by Crippen LogP contribution is -2.19. The summed E-state index contributed by atoms with van der Waals surface area (Å²) in [5.41, 5.74) is 1.57. The molecule has 0 saturated carbocycles. The summed E-state index contributed by atoms with van der Waals surface area (Å²) in [5, 5.41) is 5.34. The van der Waals surface area contributed by atoms with Gasteiger partial charge in [0.15, 0.2) is 0 Å². The SMILES string of the molecule is CNC(=O)Cc1ccc(NC(=O)c2ccc(Cl)s2)cc1. The average molecular weight is 309 g/mol. The Morgan fingerprint density at radius 2 is 1.85 bits per heavy atom. The lowest BCUT2D eigenvalue weighted by atomic mass is 10.1. The molecule has 0 aliphatic rings. The van der Waals surface area contributed by atoms with Gasteiger partial charge in [0.25, 0.3) is 5.91 Å². The molecule has 104 valence electrons. The van der Waals surface area contributed by atoms with Crippen molar-refractivity contribution in [2.75, 3.05) is 12.4 Å². The van der Waals surface area contributed by atoms with Crippen LogP contribution in [0, 0.1) is 0 Å². The number of anilines is 1. The second-order valence-corrected chi connectivity index (χ2v) is 5.82. The largest absolute Gasteiger partial charge is 0.359 e. The van der Waals surface area contributed by atoms with Gasteiger partial charge in [0, 0.05) is 12.7 Å². The molecule has 0 radical (unpaired) electrons. The van der Waals surface area contributed by atoms with E-state index < -0.39 is 0 Å². The lowest BCUT2D eigenvalue weighted by Gasteiger charge is -2.05. The first-order valence-corrected chi connectivity index (χ1v) is 7.14. The van der Waals surface area contributed by atoms with E-state index in [1.54, 1.807) is 31.3 Å². The Labute approximate surface area is 125 Å². The molecule has 0 atom stereocenters. The molecule has 4 nitrogen and oxygen atoms in total. The number of carbonyl (C=O) groups excluding carboxylic acids is 2. The van der Waals surface area contributed by atoms with Crippen molar-refractivity contribution in [2.24, 2.45) is 0 Å². The highest BCUT2D eigenvalue weighted by Gasteiger charge is 2.09. The summed E-state index contributed by atoms with van der Waals surface area (Å²) in [6.45, 7) is 0. The minimum atomic E-state index is -0.194. The van der Waals surface area contributed by atoms with Crippen LogP contribution in [-0.4, -0.2) is 18.9 Å². The fraction of sp³-hybridized carbons (Fsp3) is 0.143. The van der Waals surface area contributed by atoms with E-state index in [0.717, 1.165) is 5.56 Å². The Morgan fingerprint density at radius 1 is 1.15 bits per heavy atom. The van der Waals surface area contributed by atoms with Gasteiger partial charge >= 0.3 is 0 Å². The summed E-state index contributed by atoms with van der Waals surface area (Å²) >= 11 is 7.02. The molecule has 0 aliphatic heterocycles. The predicted octanol–water partition coefficient (Wildman–Crippen LogP) is 2.94. The van der Waals surface area contributed by atoms with Gasteiger partial charge in [-0.3, -0.25) is 9.59 Å². The maximum absolute atomic E-state index is 11.9. The molecule has 0 fully saturated rings. The molecule has 0 bridgehead atoms. The van der Waals surface area contributed by atoms with E-state index in [9.17, 15) is 9.59 Å². The highest BCUT2D eigenvalue weighted by Crippen LogP contribution is 2.22. The van der Waals surface area contributed by atoms with Crippen molar-refractivity contribution >= 4 is 40.4 Å². The third-order valence-electron chi connectivity index (χ3n) is 2.65. The maximum atomic E-state index is 11.9. The quantitative estimate of drug-likeness (QED) is 0.912.